The second kappa shape index (κ2) is 9.92. The van der Waals surface area contributed by atoms with E-state index in [1.807, 2.05) is 0 Å². The first-order valence-corrected chi connectivity index (χ1v) is 12.1. The number of carbonyl (C=O) groups excluding carboxylic acids is 2. The molecule has 1 aliphatic carbocycles. The summed E-state index contributed by atoms with van der Waals surface area (Å²) in [7, 11) is 0. The zero-order valence-corrected chi connectivity index (χ0v) is 18.5. The smallest absolute Gasteiger partial charge is 0.254 e. The number of hydrogen-bond donors (Lipinski definition) is 1. The highest BCUT2D eigenvalue weighted by Gasteiger charge is 2.42. The Balaban J connectivity index is 1.53. The van der Waals surface area contributed by atoms with Crippen LogP contribution in [0.15, 0.2) is 53.4 Å². The molecule has 6 nitrogen and oxygen atoms in total. The lowest BCUT2D eigenvalue weighted by atomic mass is 9.79. The third-order valence-corrected chi connectivity index (χ3v) is 7.28. The van der Waals surface area contributed by atoms with E-state index >= 15 is 0 Å². The molecule has 0 aromatic heterocycles. The second-order valence-corrected chi connectivity index (χ2v) is 9.56. The Morgan fingerprint density at radius 1 is 0.969 bits per heavy atom. The number of likely N-dealkylation sites (tertiary alicyclic amines) is 1. The molecular formula is C24H26FN2O4S-. The van der Waals surface area contributed by atoms with Crippen LogP contribution in [0.1, 0.15) is 48.9 Å². The lowest BCUT2D eigenvalue weighted by Crippen LogP contribution is -2.43. The second-order valence-electron chi connectivity index (χ2n) is 8.62. The van der Waals surface area contributed by atoms with Gasteiger partial charge in [0.2, 0.25) is 5.91 Å². The predicted molar refractivity (Wildman–Crippen MR) is 118 cm³/mol. The van der Waals surface area contributed by atoms with Crippen LogP contribution in [-0.2, 0) is 15.9 Å². The fraction of sp³-hybridized carbons (Fsp3) is 0.417. The molecule has 1 saturated heterocycles. The Hall–Kier alpha value is -2.58. The molecule has 1 heterocycles. The molecule has 170 valence electrons. The molecule has 2 aromatic rings. The molecule has 2 fully saturated rings. The molecular weight excluding hydrogens is 431 g/mol. The van der Waals surface area contributed by atoms with Crippen molar-refractivity contribution in [2.45, 2.75) is 49.5 Å². The summed E-state index contributed by atoms with van der Waals surface area (Å²) < 4.78 is 35.4. The van der Waals surface area contributed by atoms with Gasteiger partial charge in [-0.05, 0) is 77.9 Å². The number of hydrogen-bond acceptors (Lipinski definition) is 4. The first-order valence-electron chi connectivity index (χ1n) is 11.0. The first kappa shape index (κ1) is 22.6. The fourth-order valence-corrected chi connectivity index (χ4v) is 5.28. The summed E-state index contributed by atoms with van der Waals surface area (Å²) in [6.07, 6.45) is 6.41. The van der Waals surface area contributed by atoms with Gasteiger partial charge in [0.25, 0.3) is 5.91 Å². The van der Waals surface area contributed by atoms with Crippen molar-refractivity contribution >= 4 is 28.6 Å². The van der Waals surface area contributed by atoms with Crippen molar-refractivity contribution in [3.8, 4) is 0 Å². The molecule has 1 N–H and O–H groups in total. The highest BCUT2D eigenvalue weighted by atomic mass is 32.2. The van der Waals surface area contributed by atoms with Gasteiger partial charge in [0.15, 0.2) is 0 Å². The highest BCUT2D eigenvalue weighted by molar-refractivity contribution is 7.79. The van der Waals surface area contributed by atoms with Gasteiger partial charge in [-0.15, -0.1) is 0 Å². The number of halogens is 1. The van der Waals surface area contributed by atoms with Gasteiger partial charge >= 0.3 is 0 Å². The van der Waals surface area contributed by atoms with E-state index in [1.54, 1.807) is 4.90 Å². The molecule has 0 spiro atoms. The number of benzene rings is 2. The molecule has 1 unspecified atom stereocenters. The summed E-state index contributed by atoms with van der Waals surface area (Å²) in [5, 5.41) is 2.83. The molecule has 3 atom stereocenters. The van der Waals surface area contributed by atoms with Crippen LogP contribution in [0.4, 0.5) is 10.1 Å². The molecule has 1 aliphatic heterocycles. The molecule has 2 aliphatic rings. The number of amides is 2. The van der Waals surface area contributed by atoms with Crippen molar-refractivity contribution in [2.24, 2.45) is 11.8 Å². The van der Waals surface area contributed by atoms with Crippen molar-refractivity contribution in [3.05, 3.63) is 59.9 Å². The van der Waals surface area contributed by atoms with Crippen molar-refractivity contribution in [1.29, 1.82) is 0 Å². The van der Waals surface area contributed by atoms with Gasteiger partial charge in [-0.1, -0.05) is 32.1 Å². The predicted octanol–water partition coefficient (Wildman–Crippen LogP) is 4.11. The summed E-state index contributed by atoms with van der Waals surface area (Å²) in [6, 6.07) is 10.7. The lowest BCUT2D eigenvalue weighted by Gasteiger charge is -2.27. The SMILES string of the molecule is O=C(Nc1ccc(S(=O)[O-])cc1)[C@@H]1C[C@@H](C2CCCCC2)CN1C(=O)c1ccc(F)cc1. The lowest BCUT2D eigenvalue weighted by molar-refractivity contribution is -0.119. The van der Waals surface area contributed by atoms with Gasteiger partial charge in [-0.25, -0.2) is 4.39 Å². The van der Waals surface area contributed by atoms with E-state index in [9.17, 15) is 22.7 Å². The third-order valence-electron chi connectivity index (χ3n) is 6.62. The zero-order chi connectivity index (χ0) is 22.7. The van der Waals surface area contributed by atoms with Crippen LogP contribution in [0.5, 0.6) is 0 Å². The molecule has 1 saturated carbocycles. The van der Waals surface area contributed by atoms with Crippen LogP contribution in [0, 0.1) is 17.7 Å². The van der Waals surface area contributed by atoms with Crippen LogP contribution in [-0.4, -0.2) is 38.1 Å². The topological polar surface area (TPSA) is 89.5 Å². The normalized spacial score (nSPS) is 22.5. The van der Waals surface area contributed by atoms with Crippen LogP contribution in [0.2, 0.25) is 0 Å². The van der Waals surface area contributed by atoms with Crippen molar-refractivity contribution in [1.82, 2.24) is 4.90 Å². The molecule has 4 rings (SSSR count). The van der Waals surface area contributed by atoms with E-state index in [2.05, 4.69) is 5.32 Å². The van der Waals surface area contributed by atoms with Crippen LogP contribution < -0.4 is 5.32 Å². The maximum absolute atomic E-state index is 13.3. The molecule has 8 heteroatoms. The quantitative estimate of drug-likeness (QED) is 0.684. The van der Waals surface area contributed by atoms with E-state index in [4.69, 9.17) is 0 Å². The molecule has 2 aromatic carbocycles. The number of carbonyl (C=O) groups is 2. The summed E-state index contributed by atoms with van der Waals surface area (Å²) in [5.41, 5.74) is 0.829. The standard InChI is InChI=1S/C24H27FN2O4S/c25-19-8-6-17(7-9-19)24(29)27-15-18(16-4-2-1-3-5-16)14-22(27)23(28)26-20-10-12-21(13-11-20)32(30)31/h6-13,16,18,22H,1-5,14-15H2,(H,26,28)(H,30,31)/p-1/t18-,22+/m1/s1. The minimum atomic E-state index is -2.34. The zero-order valence-electron chi connectivity index (χ0n) is 17.7. The van der Waals surface area contributed by atoms with Gasteiger partial charge in [-0.2, -0.15) is 0 Å². The van der Waals surface area contributed by atoms with Crippen LogP contribution in [0.25, 0.3) is 0 Å². The Bertz CT molecular complexity index is 990. The minimum Gasteiger partial charge on any atom is -0.768 e. The Morgan fingerprint density at radius 3 is 2.25 bits per heavy atom. The minimum absolute atomic E-state index is 0.134. The molecule has 0 radical (unpaired) electrons. The number of anilines is 1. The molecule has 2 amide bonds. The van der Waals surface area contributed by atoms with E-state index < -0.39 is 22.9 Å². The number of nitrogens with one attached hydrogen (secondary N) is 1. The summed E-state index contributed by atoms with van der Waals surface area (Å²) >= 11 is -2.34. The van der Waals surface area contributed by atoms with Crippen molar-refractivity contribution < 1.29 is 22.7 Å². The van der Waals surface area contributed by atoms with E-state index in [-0.39, 0.29) is 22.6 Å². The fourth-order valence-electron chi connectivity index (χ4n) is 4.92. The average molecular weight is 458 g/mol. The summed E-state index contributed by atoms with van der Waals surface area (Å²) in [4.78, 5) is 28.2. The maximum atomic E-state index is 13.3. The Kier molecular flexibility index (Phi) is 7.01. The van der Waals surface area contributed by atoms with Gasteiger partial charge in [-0.3, -0.25) is 13.8 Å². The summed E-state index contributed by atoms with van der Waals surface area (Å²) in [6.45, 7) is 0.507. The monoisotopic (exact) mass is 457 g/mol. The van der Waals surface area contributed by atoms with Gasteiger partial charge in [0, 0.05) is 22.7 Å². The maximum Gasteiger partial charge on any atom is 0.254 e. The molecule has 32 heavy (non-hydrogen) atoms. The largest absolute Gasteiger partial charge is 0.768 e. The highest BCUT2D eigenvalue weighted by Crippen LogP contribution is 2.38. The Morgan fingerprint density at radius 2 is 1.62 bits per heavy atom. The van der Waals surface area contributed by atoms with E-state index in [1.165, 1.54) is 67.8 Å². The number of rotatable bonds is 5. The van der Waals surface area contributed by atoms with Gasteiger partial charge < -0.3 is 14.8 Å². The Labute approximate surface area is 189 Å². The van der Waals surface area contributed by atoms with Crippen LogP contribution >= 0.6 is 0 Å². The van der Waals surface area contributed by atoms with Crippen molar-refractivity contribution in [2.75, 3.05) is 11.9 Å². The molecule has 0 bridgehead atoms. The van der Waals surface area contributed by atoms with E-state index in [0.717, 1.165) is 12.8 Å². The summed E-state index contributed by atoms with van der Waals surface area (Å²) in [5.74, 6) is -0.243. The average Bonchev–Trinajstić information content (AvgIpc) is 3.26. The first-order chi connectivity index (χ1) is 15.4. The van der Waals surface area contributed by atoms with Crippen LogP contribution in [0.3, 0.4) is 0 Å². The van der Waals surface area contributed by atoms with Gasteiger partial charge in [0.1, 0.15) is 11.9 Å². The van der Waals surface area contributed by atoms with Gasteiger partial charge in [0.05, 0.1) is 0 Å². The van der Waals surface area contributed by atoms with Crippen molar-refractivity contribution in [3.63, 3.8) is 0 Å². The number of nitrogens with zero attached hydrogens (tertiary/aromatic N) is 1. The third kappa shape index (κ3) is 5.07. The van der Waals surface area contributed by atoms with E-state index in [0.29, 0.717) is 30.1 Å².